The highest BCUT2D eigenvalue weighted by Crippen LogP contribution is 2.40. The topological polar surface area (TPSA) is 91.8 Å². The maximum Gasteiger partial charge on any atom is 0.203 e. The molecule has 18 heavy (non-hydrogen) atoms. The Kier molecular flexibility index (Phi) is 3.32. The normalized spacial score (nSPS) is 27.2. The monoisotopic (exact) mass is 255 g/mol. The number of aliphatic hydroxyl groups is 2. The van der Waals surface area contributed by atoms with Crippen molar-refractivity contribution in [3.63, 3.8) is 0 Å². The van der Waals surface area contributed by atoms with E-state index in [9.17, 15) is 15.0 Å². The molecule has 0 unspecified atom stereocenters. The quantitative estimate of drug-likeness (QED) is 0.713. The molecular formula is C12H17NO5. The molecule has 0 amide bonds. The first kappa shape index (κ1) is 12.9. The number of H-pyrrole nitrogens is 1. The summed E-state index contributed by atoms with van der Waals surface area (Å²) in [5.74, 6) is 0.375. The zero-order valence-corrected chi connectivity index (χ0v) is 10.4. The van der Waals surface area contributed by atoms with Crippen molar-refractivity contribution in [2.75, 3.05) is 14.2 Å². The van der Waals surface area contributed by atoms with Gasteiger partial charge in [-0.05, 0) is 19.3 Å². The highest BCUT2D eigenvalue weighted by atomic mass is 16.5. The summed E-state index contributed by atoms with van der Waals surface area (Å²) in [5, 5.41) is 20.4. The third kappa shape index (κ3) is 1.87. The van der Waals surface area contributed by atoms with Crippen LogP contribution in [0.1, 0.15) is 24.8 Å². The van der Waals surface area contributed by atoms with Gasteiger partial charge in [-0.2, -0.15) is 0 Å². The van der Waals surface area contributed by atoms with Crippen molar-refractivity contribution >= 4 is 0 Å². The maximum absolute atomic E-state index is 12.1. The first-order valence-electron chi connectivity index (χ1n) is 5.79. The number of aromatic amines is 1. The summed E-state index contributed by atoms with van der Waals surface area (Å²) in [5.41, 5.74) is -1.90. The Balaban J connectivity index is 2.60. The van der Waals surface area contributed by atoms with E-state index in [1.165, 1.54) is 20.3 Å². The molecule has 1 fully saturated rings. The van der Waals surface area contributed by atoms with Gasteiger partial charge in [-0.1, -0.05) is 0 Å². The number of rotatable bonds is 3. The van der Waals surface area contributed by atoms with Crippen molar-refractivity contribution in [3.05, 3.63) is 21.9 Å². The summed E-state index contributed by atoms with van der Waals surface area (Å²) in [6.45, 7) is 0. The Labute approximate surface area is 104 Å². The maximum atomic E-state index is 12.1. The molecule has 0 radical (unpaired) electrons. The first-order valence-corrected chi connectivity index (χ1v) is 5.79. The van der Waals surface area contributed by atoms with Crippen molar-refractivity contribution in [1.29, 1.82) is 0 Å². The van der Waals surface area contributed by atoms with Gasteiger partial charge in [0.15, 0.2) is 11.3 Å². The van der Waals surface area contributed by atoms with E-state index in [2.05, 4.69) is 4.98 Å². The van der Waals surface area contributed by atoms with Gasteiger partial charge in [-0.3, -0.25) is 9.78 Å². The summed E-state index contributed by atoms with van der Waals surface area (Å²) in [6.07, 6.45) is 0.498. The largest absolute Gasteiger partial charge is 0.482 e. The SMILES string of the molecule is COc1cc(=O)c([C@@]2(O)CCC[C@@H]2O)c(OC)[nH]1. The molecule has 0 saturated heterocycles. The van der Waals surface area contributed by atoms with E-state index in [1.807, 2.05) is 0 Å². The Morgan fingerprint density at radius 2 is 2.17 bits per heavy atom. The van der Waals surface area contributed by atoms with Crippen LogP contribution in [0.15, 0.2) is 10.9 Å². The molecule has 3 N–H and O–H groups in total. The smallest absolute Gasteiger partial charge is 0.203 e. The summed E-state index contributed by atoms with van der Waals surface area (Å²) in [7, 11) is 2.81. The second-order valence-electron chi connectivity index (χ2n) is 4.44. The summed E-state index contributed by atoms with van der Waals surface area (Å²) in [4.78, 5) is 14.8. The molecule has 100 valence electrons. The van der Waals surface area contributed by atoms with Crippen LogP contribution in [0, 0.1) is 0 Å². The van der Waals surface area contributed by atoms with Gasteiger partial charge in [0, 0.05) is 6.07 Å². The van der Waals surface area contributed by atoms with Gasteiger partial charge in [0.2, 0.25) is 5.88 Å². The van der Waals surface area contributed by atoms with Gasteiger partial charge in [-0.15, -0.1) is 0 Å². The Hall–Kier alpha value is -1.53. The number of hydrogen-bond donors (Lipinski definition) is 3. The molecule has 1 aromatic rings. The van der Waals surface area contributed by atoms with Crippen molar-refractivity contribution in [1.82, 2.24) is 4.98 Å². The lowest BCUT2D eigenvalue weighted by Gasteiger charge is -2.27. The molecule has 1 aliphatic carbocycles. The molecule has 0 aliphatic heterocycles. The fraction of sp³-hybridized carbons (Fsp3) is 0.583. The Morgan fingerprint density at radius 1 is 1.44 bits per heavy atom. The van der Waals surface area contributed by atoms with E-state index >= 15 is 0 Å². The second kappa shape index (κ2) is 4.62. The lowest BCUT2D eigenvalue weighted by molar-refractivity contribution is -0.0603. The molecule has 2 atom stereocenters. The van der Waals surface area contributed by atoms with E-state index in [0.717, 1.165) is 0 Å². The van der Waals surface area contributed by atoms with Crippen LogP contribution in [0.5, 0.6) is 11.8 Å². The lowest BCUT2D eigenvalue weighted by Crippen LogP contribution is -2.39. The zero-order valence-electron chi connectivity index (χ0n) is 10.4. The zero-order chi connectivity index (χ0) is 13.3. The molecule has 1 aliphatic rings. The molecule has 0 aromatic carbocycles. The number of ether oxygens (including phenoxy) is 2. The van der Waals surface area contributed by atoms with Crippen LogP contribution in [0.25, 0.3) is 0 Å². The van der Waals surface area contributed by atoms with E-state index in [1.54, 1.807) is 0 Å². The molecule has 0 spiro atoms. The van der Waals surface area contributed by atoms with Gasteiger partial charge in [-0.25, -0.2) is 0 Å². The van der Waals surface area contributed by atoms with Gasteiger partial charge >= 0.3 is 0 Å². The fourth-order valence-corrected chi connectivity index (χ4v) is 2.45. The highest BCUT2D eigenvalue weighted by molar-refractivity contribution is 5.37. The molecule has 1 aromatic heterocycles. The van der Waals surface area contributed by atoms with E-state index < -0.39 is 17.1 Å². The van der Waals surface area contributed by atoms with Gasteiger partial charge in [0.25, 0.3) is 0 Å². The van der Waals surface area contributed by atoms with Crippen LogP contribution in [-0.4, -0.2) is 35.5 Å². The van der Waals surface area contributed by atoms with E-state index in [0.29, 0.717) is 19.3 Å². The van der Waals surface area contributed by atoms with Crippen LogP contribution in [0.4, 0.5) is 0 Å². The molecule has 1 saturated carbocycles. The van der Waals surface area contributed by atoms with Crippen LogP contribution >= 0.6 is 0 Å². The third-order valence-corrected chi connectivity index (χ3v) is 3.42. The summed E-state index contributed by atoms with van der Waals surface area (Å²) >= 11 is 0. The van der Waals surface area contributed by atoms with Gasteiger partial charge < -0.3 is 19.7 Å². The average molecular weight is 255 g/mol. The van der Waals surface area contributed by atoms with Gasteiger partial charge in [0.05, 0.1) is 25.9 Å². The predicted octanol–water partition coefficient (Wildman–Crippen LogP) is 0.124. The van der Waals surface area contributed by atoms with Crippen LogP contribution in [0.2, 0.25) is 0 Å². The molecule has 1 heterocycles. The van der Waals surface area contributed by atoms with Crippen molar-refractivity contribution in [2.24, 2.45) is 0 Å². The molecule has 6 heteroatoms. The van der Waals surface area contributed by atoms with Gasteiger partial charge in [0.1, 0.15) is 5.60 Å². The minimum atomic E-state index is -1.55. The molecule has 6 nitrogen and oxygen atoms in total. The Morgan fingerprint density at radius 3 is 2.67 bits per heavy atom. The number of aliphatic hydroxyl groups excluding tert-OH is 1. The average Bonchev–Trinajstić information content (AvgIpc) is 2.69. The summed E-state index contributed by atoms with van der Waals surface area (Å²) < 4.78 is 10.0. The van der Waals surface area contributed by atoms with Crippen molar-refractivity contribution in [3.8, 4) is 11.8 Å². The second-order valence-corrected chi connectivity index (χ2v) is 4.44. The predicted molar refractivity (Wildman–Crippen MR) is 63.9 cm³/mol. The van der Waals surface area contributed by atoms with Crippen molar-refractivity contribution < 1.29 is 19.7 Å². The van der Waals surface area contributed by atoms with Crippen LogP contribution in [0.3, 0.4) is 0 Å². The minimum absolute atomic E-state index is 0.0656. The third-order valence-electron chi connectivity index (χ3n) is 3.42. The minimum Gasteiger partial charge on any atom is -0.482 e. The Bertz CT molecular complexity index is 498. The number of methoxy groups -OCH3 is 2. The number of pyridine rings is 1. The highest BCUT2D eigenvalue weighted by Gasteiger charge is 2.45. The fourth-order valence-electron chi connectivity index (χ4n) is 2.45. The standard InChI is InChI=1S/C12H17NO5/c1-17-9-6-7(14)10(11(13-9)18-2)12(16)5-3-4-8(12)15/h6,8,15-16H,3-5H2,1-2H3,(H,13,14)/t8-,12+/m0/s1. The van der Waals surface area contributed by atoms with Crippen LogP contribution < -0.4 is 14.9 Å². The van der Waals surface area contributed by atoms with E-state index in [4.69, 9.17) is 9.47 Å². The molecule has 2 rings (SSSR count). The molecule has 0 bridgehead atoms. The lowest BCUT2D eigenvalue weighted by atomic mass is 9.90. The number of aromatic nitrogens is 1. The first-order chi connectivity index (χ1) is 8.52. The van der Waals surface area contributed by atoms with Crippen LogP contribution in [-0.2, 0) is 5.60 Å². The van der Waals surface area contributed by atoms with E-state index in [-0.39, 0.29) is 17.3 Å². The number of hydrogen-bond acceptors (Lipinski definition) is 5. The number of nitrogens with one attached hydrogen (secondary N) is 1. The van der Waals surface area contributed by atoms with Crippen molar-refractivity contribution in [2.45, 2.75) is 31.0 Å². The molecular weight excluding hydrogens is 238 g/mol. The summed E-state index contributed by atoms with van der Waals surface area (Å²) in [6, 6.07) is 1.24.